The molecule has 0 aromatic carbocycles. The molecule has 0 saturated carbocycles. The van der Waals surface area contributed by atoms with E-state index >= 15 is 0 Å². The summed E-state index contributed by atoms with van der Waals surface area (Å²) >= 11 is 0. The van der Waals surface area contributed by atoms with Crippen molar-refractivity contribution in [1.82, 2.24) is 15.4 Å². The molecule has 0 spiro atoms. The van der Waals surface area contributed by atoms with Crippen LogP contribution in [0.4, 0.5) is 0 Å². The Labute approximate surface area is 50.9 Å². The van der Waals surface area contributed by atoms with Crippen LogP contribution < -0.4 is 4.74 Å². The predicted molar refractivity (Wildman–Crippen MR) is 26.1 cm³/mol. The van der Waals surface area contributed by atoms with Gasteiger partial charge in [-0.1, -0.05) is 5.10 Å². The monoisotopic (exact) mass is 122 g/mol. The fraction of sp³-hybridized carbons (Fsp3) is 0. The largest absolute Gasteiger partial charge is 0.365 e. The van der Waals surface area contributed by atoms with Crippen molar-refractivity contribution < 1.29 is 4.74 Å². The maximum atomic E-state index is 7.96. The van der Waals surface area contributed by atoms with E-state index < -0.39 is 0 Å². The first-order valence-corrected chi connectivity index (χ1v) is 2.14. The van der Waals surface area contributed by atoms with E-state index in [1.807, 2.05) is 0 Å². The fourth-order valence-corrected chi connectivity index (χ4v) is 0.331. The zero-order valence-electron chi connectivity index (χ0n) is 4.35. The Balaban J connectivity index is 2.76. The first-order valence-electron chi connectivity index (χ1n) is 2.14. The number of ether oxygens (including phenoxy) is 1. The quantitative estimate of drug-likeness (QED) is 0.479. The van der Waals surface area contributed by atoms with Gasteiger partial charge in [0.1, 0.15) is 0 Å². The highest BCUT2D eigenvalue weighted by molar-refractivity contribution is 5.03. The van der Waals surface area contributed by atoms with Gasteiger partial charge < -0.3 is 4.74 Å². The number of aromatic nitrogens is 3. The van der Waals surface area contributed by atoms with E-state index in [9.17, 15) is 0 Å². The molecular weight excluding hydrogens is 120 g/mol. The summed E-state index contributed by atoms with van der Waals surface area (Å²) in [5.74, 6) is 0.160. The lowest BCUT2D eigenvalue weighted by Gasteiger charge is -1.86. The van der Waals surface area contributed by atoms with Crippen LogP contribution in [0.1, 0.15) is 0 Å². The molecule has 0 radical (unpaired) electrons. The molecule has 0 N–H and O–H groups in total. The van der Waals surface area contributed by atoms with E-state index in [0.717, 1.165) is 0 Å². The van der Waals surface area contributed by atoms with Crippen LogP contribution in [0.2, 0.25) is 0 Å². The molecule has 1 heterocycles. The summed E-state index contributed by atoms with van der Waals surface area (Å²) in [6.07, 6.45) is 2.84. The van der Waals surface area contributed by atoms with Gasteiger partial charge in [0.25, 0.3) is 12.1 Å². The Bertz CT molecular complexity index is 216. The molecule has 1 aromatic heterocycles. The second kappa shape index (κ2) is 2.57. The zero-order valence-corrected chi connectivity index (χ0v) is 4.35. The molecule has 0 aliphatic heterocycles. The van der Waals surface area contributed by atoms with Gasteiger partial charge in [-0.15, -0.1) is 10.4 Å². The third-order valence-electron chi connectivity index (χ3n) is 0.629. The molecule has 0 bridgehead atoms. The van der Waals surface area contributed by atoms with Crippen LogP contribution in [0, 0.1) is 11.5 Å². The lowest BCUT2D eigenvalue weighted by atomic mass is 10.7. The summed E-state index contributed by atoms with van der Waals surface area (Å²) < 4.78 is 4.30. The lowest BCUT2D eigenvalue weighted by Crippen LogP contribution is -1.89. The van der Waals surface area contributed by atoms with Crippen LogP contribution in [-0.4, -0.2) is 15.4 Å². The van der Waals surface area contributed by atoms with Crippen LogP contribution in [-0.2, 0) is 0 Å². The van der Waals surface area contributed by atoms with Crippen molar-refractivity contribution in [2.45, 2.75) is 0 Å². The normalized spacial score (nSPS) is 7.89. The summed E-state index contributed by atoms with van der Waals surface area (Å²) in [4.78, 5) is 0. The number of hydrogen-bond donors (Lipinski definition) is 0. The minimum Gasteiger partial charge on any atom is -0.365 e. The second-order valence-electron chi connectivity index (χ2n) is 1.15. The average Bonchev–Trinajstić information content (AvgIpc) is 1.91. The SMILES string of the molecule is N#COc1ccnnn1. The van der Waals surface area contributed by atoms with Gasteiger partial charge in [0.15, 0.2) is 0 Å². The minimum absolute atomic E-state index is 0.160. The van der Waals surface area contributed by atoms with Gasteiger partial charge in [-0.2, -0.15) is 0 Å². The van der Waals surface area contributed by atoms with Gasteiger partial charge >= 0.3 is 0 Å². The van der Waals surface area contributed by atoms with Crippen LogP contribution in [0.25, 0.3) is 0 Å². The smallest absolute Gasteiger partial charge is 0.293 e. The number of nitriles is 1. The lowest BCUT2D eigenvalue weighted by molar-refractivity contribution is 0.472. The van der Waals surface area contributed by atoms with E-state index in [2.05, 4.69) is 20.1 Å². The summed E-state index contributed by atoms with van der Waals surface area (Å²) in [5.41, 5.74) is 0. The molecule has 0 amide bonds. The maximum Gasteiger partial charge on any atom is 0.293 e. The highest BCUT2D eigenvalue weighted by Gasteiger charge is 1.89. The van der Waals surface area contributed by atoms with Crippen molar-refractivity contribution in [3.05, 3.63) is 12.3 Å². The Morgan fingerprint density at radius 2 is 2.56 bits per heavy atom. The summed E-state index contributed by atoms with van der Waals surface area (Å²) in [6, 6.07) is 1.44. The van der Waals surface area contributed by atoms with Crippen molar-refractivity contribution in [3.8, 4) is 12.1 Å². The average molecular weight is 122 g/mol. The van der Waals surface area contributed by atoms with Crippen molar-refractivity contribution >= 4 is 0 Å². The van der Waals surface area contributed by atoms with Gasteiger partial charge in [-0.3, -0.25) is 0 Å². The molecule has 0 fully saturated rings. The van der Waals surface area contributed by atoms with Crippen molar-refractivity contribution in [2.75, 3.05) is 0 Å². The Kier molecular flexibility index (Phi) is 1.55. The molecule has 5 nitrogen and oxygen atoms in total. The molecule has 1 aromatic rings. The molecule has 5 heteroatoms. The molecule has 1 rings (SSSR count). The van der Waals surface area contributed by atoms with Crippen LogP contribution in [0.15, 0.2) is 12.3 Å². The van der Waals surface area contributed by atoms with Gasteiger partial charge in [0, 0.05) is 6.07 Å². The highest BCUT2D eigenvalue weighted by Crippen LogP contribution is 1.97. The molecule has 0 aliphatic rings. The predicted octanol–water partition coefficient (Wildman–Crippen LogP) is -0.269. The Hall–Kier alpha value is -1.70. The number of nitrogens with zero attached hydrogens (tertiary/aromatic N) is 4. The van der Waals surface area contributed by atoms with E-state index in [1.165, 1.54) is 18.5 Å². The van der Waals surface area contributed by atoms with Gasteiger partial charge in [0.2, 0.25) is 0 Å². The van der Waals surface area contributed by atoms with Crippen LogP contribution in [0.3, 0.4) is 0 Å². The van der Waals surface area contributed by atoms with Gasteiger partial charge in [-0.05, 0) is 5.21 Å². The number of rotatable bonds is 1. The highest BCUT2D eigenvalue weighted by atomic mass is 16.5. The van der Waals surface area contributed by atoms with Crippen molar-refractivity contribution in [2.24, 2.45) is 0 Å². The van der Waals surface area contributed by atoms with E-state index in [1.54, 1.807) is 0 Å². The zero-order chi connectivity index (χ0) is 6.53. The molecular formula is C4H2N4O. The molecule has 0 saturated heterocycles. The van der Waals surface area contributed by atoms with Crippen LogP contribution in [0.5, 0.6) is 5.88 Å². The minimum atomic E-state index is 0.160. The molecule has 0 atom stereocenters. The van der Waals surface area contributed by atoms with E-state index in [0.29, 0.717) is 0 Å². The third-order valence-corrected chi connectivity index (χ3v) is 0.629. The summed E-state index contributed by atoms with van der Waals surface area (Å²) in [5, 5.41) is 17.9. The topological polar surface area (TPSA) is 71.7 Å². The second-order valence-corrected chi connectivity index (χ2v) is 1.15. The van der Waals surface area contributed by atoms with Gasteiger partial charge in [-0.25, -0.2) is 0 Å². The fourth-order valence-electron chi connectivity index (χ4n) is 0.331. The van der Waals surface area contributed by atoms with Crippen molar-refractivity contribution in [1.29, 1.82) is 5.26 Å². The van der Waals surface area contributed by atoms with Crippen LogP contribution >= 0.6 is 0 Å². The Morgan fingerprint density at radius 1 is 1.67 bits per heavy atom. The van der Waals surface area contributed by atoms with E-state index in [-0.39, 0.29) is 5.88 Å². The molecule has 0 unspecified atom stereocenters. The van der Waals surface area contributed by atoms with Gasteiger partial charge in [0.05, 0.1) is 6.20 Å². The number of hydrogen-bond acceptors (Lipinski definition) is 5. The Morgan fingerprint density at radius 3 is 3.11 bits per heavy atom. The summed E-state index contributed by atoms with van der Waals surface area (Å²) in [7, 11) is 0. The first kappa shape index (κ1) is 5.44. The molecule has 44 valence electrons. The first-order chi connectivity index (χ1) is 4.43. The van der Waals surface area contributed by atoms with Crippen molar-refractivity contribution in [3.63, 3.8) is 0 Å². The standard InChI is InChI=1S/C4H2N4O/c5-3-9-4-1-2-6-8-7-4/h1-2H. The van der Waals surface area contributed by atoms with E-state index in [4.69, 9.17) is 5.26 Å². The third kappa shape index (κ3) is 1.35. The summed E-state index contributed by atoms with van der Waals surface area (Å²) in [6.45, 7) is 0. The molecule has 9 heavy (non-hydrogen) atoms. The maximum absolute atomic E-state index is 7.96. The molecule has 0 aliphatic carbocycles.